The van der Waals surface area contributed by atoms with Gasteiger partial charge in [-0.25, -0.2) is 4.39 Å². The smallest absolute Gasteiger partial charge is 0.146 e. The van der Waals surface area contributed by atoms with E-state index in [0.717, 1.165) is 10.2 Å². The molecule has 0 aliphatic carbocycles. The van der Waals surface area contributed by atoms with Crippen LogP contribution >= 0.6 is 15.9 Å². The van der Waals surface area contributed by atoms with Gasteiger partial charge in [-0.2, -0.15) is 0 Å². The maximum Gasteiger partial charge on any atom is 0.146 e. The van der Waals surface area contributed by atoms with Crippen LogP contribution in [0.2, 0.25) is 0 Å². The number of nitrogen functional groups attached to an aromatic ring is 1. The average molecular weight is 281 g/mol. The minimum atomic E-state index is -0.292. The Bertz CT molecular complexity index is 497. The van der Waals surface area contributed by atoms with Gasteiger partial charge in [-0.1, -0.05) is 15.9 Å². The van der Waals surface area contributed by atoms with Crippen molar-refractivity contribution in [2.45, 2.75) is 0 Å². The fourth-order valence-corrected chi connectivity index (χ4v) is 1.68. The Labute approximate surface area is 101 Å². The summed E-state index contributed by atoms with van der Waals surface area (Å²) < 4.78 is 14.3. The maximum absolute atomic E-state index is 13.4. The first-order valence-electron chi connectivity index (χ1n) is 4.73. The third-order valence-corrected chi connectivity index (χ3v) is 2.61. The van der Waals surface area contributed by atoms with Crippen molar-refractivity contribution in [2.75, 3.05) is 11.1 Å². The molecule has 4 heteroatoms. The van der Waals surface area contributed by atoms with E-state index in [1.165, 1.54) is 6.07 Å². The minimum Gasteiger partial charge on any atom is -0.399 e. The lowest BCUT2D eigenvalue weighted by molar-refractivity contribution is 0.631. The van der Waals surface area contributed by atoms with Crippen LogP contribution in [0.15, 0.2) is 46.9 Å². The van der Waals surface area contributed by atoms with Crippen molar-refractivity contribution in [3.05, 3.63) is 52.8 Å². The molecule has 2 nitrogen and oxygen atoms in total. The van der Waals surface area contributed by atoms with Crippen LogP contribution in [0.3, 0.4) is 0 Å². The van der Waals surface area contributed by atoms with Crippen molar-refractivity contribution in [2.24, 2.45) is 0 Å². The number of benzene rings is 2. The predicted octanol–water partition coefficient (Wildman–Crippen LogP) is 3.91. The van der Waals surface area contributed by atoms with Gasteiger partial charge in [0.1, 0.15) is 5.82 Å². The van der Waals surface area contributed by atoms with E-state index in [1.807, 2.05) is 0 Å². The molecule has 0 atom stereocenters. The van der Waals surface area contributed by atoms with Gasteiger partial charge < -0.3 is 11.1 Å². The number of nitrogens with one attached hydrogen (secondary N) is 1. The van der Waals surface area contributed by atoms with Gasteiger partial charge in [-0.3, -0.25) is 0 Å². The molecule has 0 aromatic heterocycles. The van der Waals surface area contributed by atoms with Gasteiger partial charge in [0, 0.05) is 15.8 Å². The molecular formula is C12H10BrFN2. The summed E-state index contributed by atoms with van der Waals surface area (Å²) in [5.74, 6) is -0.292. The Balaban J connectivity index is 2.26. The van der Waals surface area contributed by atoms with Crippen LogP contribution in [0.25, 0.3) is 0 Å². The SMILES string of the molecule is Nc1ccc(Nc2cc(Br)ccc2F)cc1. The van der Waals surface area contributed by atoms with Crippen molar-refractivity contribution >= 4 is 33.0 Å². The van der Waals surface area contributed by atoms with Crippen LogP contribution in [0.1, 0.15) is 0 Å². The van der Waals surface area contributed by atoms with Crippen molar-refractivity contribution in [3.63, 3.8) is 0 Å². The summed E-state index contributed by atoms with van der Waals surface area (Å²) in [6.45, 7) is 0. The molecular weight excluding hydrogens is 271 g/mol. The second-order valence-corrected chi connectivity index (χ2v) is 4.29. The highest BCUT2D eigenvalue weighted by molar-refractivity contribution is 9.10. The molecule has 2 rings (SSSR count). The molecule has 0 bridgehead atoms. The van der Waals surface area contributed by atoms with Crippen LogP contribution in [0.5, 0.6) is 0 Å². The van der Waals surface area contributed by atoms with E-state index in [0.29, 0.717) is 11.4 Å². The summed E-state index contributed by atoms with van der Waals surface area (Å²) >= 11 is 3.29. The van der Waals surface area contributed by atoms with Crippen molar-refractivity contribution in [3.8, 4) is 0 Å². The molecule has 0 saturated heterocycles. The lowest BCUT2D eigenvalue weighted by Crippen LogP contribution is -1.94. The number of hydrogen-bond acceptors (Lipinski definition) is 2. The van der Waals surface area contributed by atoms with E-state index in [2.05, 4.69) is 21.2 Å². The largest absolute Gasteiger partial charge is 0.399 e. The van der Waals surface area contributed by atoms with Gasteiger partial charge in [0.05, 0.1) is 5.69 Å². The summed E-state index contributed by atoms with van der Waals surface area (Å²) in [5.41, 5.74) is 7.47. The fraction of sp³-hybridized carbons (Fsp3) is 0. The zero-order valence-corrected chi connectivity index (χ0v) is 9.96. The molecule has 2 aromatic rings. The van der Waals surface area contributed by atoms with Crippen LogP contribution < -0.4 is 11.1 Å². The Morgan fingerprint density at radius 2 is 1.75 bits per heavy atom. The van der Waals surface area contributed by atoms with E-state index in [9.17, 15) is 4.39 Å². The fourth-order valence-electron chi connectivity index (χ4n) is 1.32. The highest BCUT2D eigenvalue weighted by atomic mass is 79.9. The van der Waals surface area contributed by atoms with Crippen molar-refractivity contribution < 1.29 is 4.39 Å². The van der Waals surface area contributed by atoms with Crippen molar-refractivity contribution in [1.82, 2.24) is 0 Å². The quantitative estimate of drug-likeness (QED) is 0.819. The van der Waals surface area contributed by atoms with Gasteiger partial charge in [-0.15, -0.1) is 0 Å². The molecule has 0 unspecified atom stereocenters. The second kappa shape index (κ2) is 4.53. The topological polar surface area (TPSA) is 38.0 Å². The van der Waals surface area contributed by atoms with E-state index >= 15 is 0 Å². The van der Waals surface area contributed by atoms with Crippen LogP contribution in [0, 0.1) is 5.82 Å². The monoisotopic (exact) mass is 280 g/mol. The Kier molecular flexibility index (Phi) is 3.10. The number of hydrogen-bond donors (Lipinski definition) is 2. The van der Waals surface area contributed by atoms with E-state index in [-0.39, 0.29) is 5.82 Å². The molecule has 82 valence electrons. The minimum absolute atomic E-state index is 0.292. The van der Waals surface area contributed by atoms with Crippen LogP contribution in [0.4, 0.5) is 21.5 Å². The molecule has 0 amide bonds. The zero-order valence-electron chi connectivity index (χ0n) is 8.37. The lowest BCUT2D eigenvalue weighted by atomic mass is 10.2. The second-order valence-electron chi connectivity index (χ2n) is 3.37. The van der Waals surface area contributed by atoms with E-state index in [4.69, 9.17) is 5.73 Å². The molecule has 2 aromatic carbocycles. The van der Waals surface area contributed by atoms with Gasteiger partial charge in [0.2, 0.25) is 0 Å². The highest BCUT2D eigenvalue weighted by Gasteiger charge is 2.02. The average Bonchev–Trinajstić information content (AvgIpc) is 2.27. The maximum atomic E-state index is 13.4. The normalized spacial score (nSPS) is 10.1. The third-order valence-electron chi connectivity index (χ3n) is 2.12. The van der Waals surface area contributed by atoms with Gasteiger partial charge in [0.25, 0.3) is 0 Å². The molecule has 0 fully saturated rings. The summed E-state index contributed by atoms with van der Waals surface area (Å²) in [7, 11) is 0. The molecule has 0 radical (unpaired) electrons. The molecule has 0 spiro atoms. The van der Waals surface area contributed by atoms with Crippen LogP contribution in [-0.4, -0.2) is 0 Å². The van der Waals surface area contributed by atoms with E-state index in [1.54, 1.807) is 36.4 Å². The summed E-state index contributed by atoms with van der Waals surface area (Å²) in [5, 5.41) is 2.98. The molecule has 0 heterocycles. The first-order chi connectivity index (χ1) is 7.65. The first kappa shape index (κ1) is 11.0. The van der Waals surface area contributed by atoms with Gasteiger partial charge >= 0.3 is 0 Å². The number of nitrogens with two attached hydrogens (primary N) is 1. The number of halogens is 2. The van der Waals surface area contributed by atoms with Crippen LogP contribution in [-0.2, 0) is 0 Å². The Morgan fingerprint density at radius 3 is 2.44 bits per heavy atom. The molecule has 3 N–H and O–H groups in total. The number of anilines is 3. The Morgan fingerprint density at radius 1 is 1.06 bits per heavy atom. The molecule has 16 heavy (non-hydrogen) atoms. The van der Waals surface area contributed by atoms with Gasteiger partial charge in [0.15, 0.2) is 0 Å². The molecule has 0 saturated carbocycles. The summed E-state index contributed by atoms with van der Waals surface area (Å²) in [4.78, 5) is 0. The summed E-state index contributed by atoms with van der Waals surface area (Å²) in [6.07, 6.45) is 0. The highest BCUT2D eigenvalue weighted by Crippen LogP contribution is 2.24. The summed E-state index contributed by atoms with van der Waals surface area (Å²) in [6, 6.07) is 11.9. The standard InChI is InChI=1S/C12H10BrFN2/c13-8-1-6-11(14)12(7-8)16-10-4-2-9(15)3-5-10/h1-7,16H,15H2. The third kappa shape index (κ3) is 2.52. The number of rotatable bonds is 2. The van der Waals surface area contributed by atoms with Gasteiger partial charge in [-0.05, 0) is 42.5 Å². The first-order valence-corrected chi connectivity index (χ1v) is 5.52. The zero-order chi connectivity index (χ0) is 11.5. The lowest BCUT2D eigenvalue weighted by Gasteiger charge is -2.08. The Hall–Kier alpha value is -1.55. The van der Waals surface area contributed by atoms with Crippen molar-refractivity contribution in [1.29, 1.82) is 0 Å². The molecule has 0 aliphatic heterocycles. The van der Waals surface area contributed by atoms with E-state index < -0.39 is 0 Å². The predicted molar refractivity (Wildman–Crippen MR) is 68.2 cm³/mol. The molecule has 0 aliphatic rings.